The zero-order chi connectivity index (χ0) is 12.3. The van der Waals surface area contributed by atoms with E-state index in [1.54, 1.807) is 25.3 Å². The summed E-state index contributed by atoms with van der Waals surface area (Å²) in [5, 5.41) is 0. The fourth-order valence-corrected chi connectivity index (χ4v) is 1.51. The summed E-state index contributed by atoms with van der Waals surface area (Å²) in [7, 11) is 1.55. The molecule has 1 aromatic carbocycles. The predicted molar refractivity (Wildman–Crippen MR) is 62.6 cm³/mol. The summed E-state index contributed by atoms with van der Waals surface area (Å²) in [5.74, 6) is 0.506. The van der Waals surface area contributed by atoms with Gasteiger partial charge in [-0.05, 0) is 12.1 Å². The van der Waals surface area contributed by atoms with Crippen LogP contribution >= 0.6 is 0 Å². The van der Waals surface area contributed by atoms with Crippen LogP contribution in [0.25, 0.3) is 11.3 Å². The number of benzene rings is 1. The molecule has 0 bridgehead atoms. The molecule has 0 saturated carbocycles. The molecule has 0 aliphatic rings. The Morgan fingerprint density at radius 2 is 2.12 bits per heavy atom. The molecule has 0 atom stereocenters. The van der Waals surface area contributed by atoms with Gasteiger partial charge in [-0.3, -0.25) is 0 Å². The number of nitrogen functional groups attached to an aromatic ring is 1. The second kappa shape index (κ2) is 4.88. The van der Waals surface area contributed by atoms with E-state index >= 15 is 0 Å². The molecule has 4 nitrogen and oxygen atoms in total. The summed E-state index contributed by atoms with van der Waals surface area (Å²) in [6.07, 6.45) is 0. The zero-order valence-corrected chi connectivity index (χ0v) is 9.35. The Balaban J connectivity index is 2.44. The van der Waals surface area contributed by atoms with Gasteiger partial charge in [0.2, 0.25) is 0 Å². The van der Waals surface area contributed by atoms with E-state index in [4.69, 9.17) is 10.5 Å². The number of nitrogens with two attached hydrogens (primary N) is 1. The van der Waals surface area contributed by atoms with E-state index in [1.807, 2.05) is 0 Å². The van der Waals surface area contributed by atoms with E-state index < -0.39 is 0 Å². The fraction of sp³-hybridized carbons (Fsp3) is 0.167. The summed E-state index contributed by atoms with van der Waals surface area (Å²) in [6.45, 7) is 0.271. The maximum atomic E-state index is 13.1. The van der Waals surface area contributed by atoms with Crippen molar-refractivity contribution in [2.24, 2.45) is 0 Å². The van der Waals surface area contributed by atoms with Crippen molar-refractivity contribution in [1.82, 2.24) is 9.97 Å². The van der Waals surface area contributed by atoms with E-state index in [2.05, 4.69) is 9.97 Å². The smallest absolute Gasteiger partial charge is 0.157 e. The van der Waals surface area contributed by atoms with Crippen molar-refractivity contribution in [2.45, 2.75) is 6.61 Å². The molecule has 2 aromatic rings. The van der Waals surface area contributed by atoms with Crippen LogP contribution in [0.2, 0.25) is 0 Å². The largest absolute Gasteiger partial charge is 0.384 e. The van der Waals surface area contributed by atoms with Crippen molar-refractivity contribution in [2.75, 3.05) is 12.8 Å². The number of halogens is 1. The number of hydrogen-bond donors (Lipinski definition) is 1. The second-order valence-corrected chi connectivity index (χ2v) is 3.54. The highest BCUT2D eigenvalue weighted by molar-refractivity contribution is 5.61. The maximum Gasteiger partial charge on any atom is 0.157 e. The van der Waals surface area contributed by atoms with Crippen LogP contribution in [0.4, 0.5) is 10.2 Å². The number of aromatic nitrogens is 2. The highest BCUT2D eigenvalue weighted by atomic mass is 19.1. The normalized spacial score (nSPS) is 10.5. The molecule has 2 N–H and O–H groups in total. The summed E-state index contributed by atoms with van der Waals surface area (Å²) < 4.78 is 18.0. The lowest BCUT2D eigenvalue weighted by Gasteiger charge is -2.05. The number of hydrogen-bond acceptors (Lipinski definition) is 4. The molecule has 0 unspecified atom stereocenters. The minimum Gasteiger partial charge on any atom is -0.384 e. The van der Waals surface area contributed by atoms with Crippen molar-refractivity contribution >= 4 is 5.82 Å². The van der Waals surface area contributed by atoms with E-state index in [1.165, 1.54) is 12.1 Å². The van der Waals surface area contributed by atoms with Gasteiger partial charge in [-0.2, -0.15) is 0 Å². The first-order valence-corrected chi connectivity index (χ1v) is 5.07. The van der Waals surface area contributed by atoms with Gasteiger partial charge >= 0.3 is 0 Å². The van der Waals surface area contributed by atoms with Gasteiger partial charge in [-0.15, -0.1) is 0 Å². The van der Waals surface area contributed by atoms with Crippen LogP contribution in [0.5, 0.6) is 0 Å². The molecule has 0 amide bonds. The third kappa shape index (κ3) is 2.76. The summed E-state index contributed by atoms with van der Waals surface area (Å²) in [6, 6.07) is 7.77. The van der Waals surface area contributed by atoms with Crippen LogP contribution in [-0.2, 0) is 11.3 Å². The Labute approximate surface area is 98.3 Å². The van der Waals surface area contributed by atoms with Crippen LogP contribution < -0.4 is 5.73 Å². The number of nitrogens with zero attached hydrogens (tertiary/aromatic N) is 2. The standard InChI is InChI=1S/C12H12FN3O/c1-17-7-12-15-10(6-11(14)16-12)8-3-2-4-9(13)5-8/h2-6H,7H2,1H3,(H2,14,15,16). The second-order valence-electron chi connectivity index (χ2n) is 3.54. The van der Waals surface area contributed by atoms with Crippen molar-refractivity contribution in [3.05, 3.63) is 42.0 Å². The average Bonchev–Trinajstić information content (AvgIpc) is 2.28. The molecule has 17 heavy (non-hydrogen) atoms. The molecule has 2 rings (SSSR count). The summed E-state index contributed by atoms with van der Waals surface area (Å²) >= 11 is 0. The van der Waals surface area contributed by atoms with E-state index in [9.17, 15) is 4.39 Å². The average molecular weight is 233 g/mol. The third-order valence-electron chi connectivity index (χ3n) is 2.19. The predicted octanol–water partition coefficient (Wildman–Crippen LogP) is 2.01. The van der Waals surface area contributed by atoms with Crippen molar-refractivity contribution in [1.29, 1.82) is 0 Å². The zero-order valence-electron chi connectivity index (χ0n) is 9.35. The molecule has 0 radical (unpaired) electrons. The first-order chi connectivity index (χ1) is 8.19. The first kappa shape index (κ1) is 11.5. The van der Waals surface area contributed by atoms with Gasteiger partial charge in [0.25, 0.3) is 0 Å². The highest BCUT2D eigenvalue weighted by Gasteiger charge is 2.05. The van der Waals surface area contributed by atoms with Crippen molar-refractivity contribution in [3.8, 4) is 11.3 Å². The Morgan fingerprint density at radius 3 is 2.82 bits per heavy atom. The van der Waals surface area contributed by atoms with Gasteiger partial charge in [0.1, 0.15) is 18.2 Å². The van der Waals surface area contributed by atoms with Crippen molar-refractivity contribution in [3.63, 3.8) is 0 Å². The summed E-state index contributed by atoms with van der Waals surface area (Å²) in [4.78, 5) is 8.27. The monoisotopic (exact) mass is 233 g/mol. The lowest BCUT2D eigenvalue weighted by Crippen LogP contribution is -2.02. The van der Waals surface area contributed by atoms with E-state index in [0.717, 1.165) is 0 Å². The molecule has 88 valence electrons. The Kier molecular flexibility index (Phi) is 3.30. The van der Waals surface area contributed by atoms with E-state index in [-0.39, 0.29) is 12.4 Å². The number of ether oxygens (including phenoxy) is 1. The maximum absolute atomic E-state index is 13.1. The first-order valence-electron chi connectivity index (χ1n) is 5.07. The number of anilines is 1. The SMILES string of the molecule is COCc1nc(N)cc(-c2cccc(F)c2)n1. The number of rotatable bonds is 3. The lowest BCUT2D eigenvalue weighted by molar-refractivity contribution is 0.178. The molecule has 1 heterocycles. The van der Waals surface area contributed by atoms with Gasteiger partial charge in [0.05, 0.1) is 5.69 Å². The van der Waals surface area contributed by atoms with E-state index in [0.29, 0.717) is 22.9 Å². The van der Waals surface area contributed by atoms with Crippen LogP contribution in [0.3, 0.4) is 0 Å². The highest BCUT2D eigenvalue weighted by Crippen LogP contribution is 2.19. The van der Waals surface area contributed by atoms with Crippen LogP contribution in [0.1, 0.15) is 5.82 Å². The molecule has 0 spiro atoms. The van der Waals surface area contributed by atoms with Gasteiger partial charge in [-0.1, -0.05) is 12.1 Å². The minimum atomic E-state index is -0.312. The molecule has 0 fully saturated rings. The van der Waals surface area contributed by atoms with Gasteiger partial charge in [-0.25, -0.2) is 14.4 Å². The minimum absolute atomic E-state index is 0.271. The van der Waals surface area contributed by atoms with Gasteiger partial charge in [0, 0.05) is 18.7 Å². The molecular formula is C12H12FN3O. The molecular weight excluding hydrogens is 221 g/mol. The van der Waals surface area contributed by atoms with Crippen molar-refractivity contribution < 1.29 is 9.13 Å². The summed E-state index contributed by atoms with van der Waals surface area (Å²) in [5.41, 5.74) is 6.92. The van der Waals surface area contributed by atoms with Crippen LogP contribution in [0.15, 0.2) is 30.3 Å². The van der Waals surface area contributed by atoms with Gasteiger partial charge < -0.3 is 10.5 Å². The lowest BCUT2D eigenvalue weighted by atomic mass is 10.1. The number of methoxy groups -OCH3 is 1. The Morgan fingerprint density at radius 1 is 1.29 bits per heavy atom. The fourth-order valence-electron chi connectivity index (χ4n) is 1.51. The van der Waals surface area contributed by atoms with Gasteiger partial charge in [0.15, 0.2) is 5.82 Å². The quantitative estimate of drug-likeness (QED) is 0.880. The topological polar surface area (TPSA) is 61.0 Å². The molecule has 0 aliphatic carbocycles. The third-order valence-corrected chi connectivity index (χ3v) is 2.19. The molecule has 5 heteroatoms. The molecule has 1 aromatic heterocycles. The Hall–Kier alpha value is -2.01. The van der Waals surface area contributed by atoms with Crippen LogP contribution in [0, 0.1) is 5.82 Å². The Bertz CT molecular complexity index is 531. The molecule has 0 saturated heterocycles. The van der Waals surface area contributed by atoms with Crippen LogP contribution in [-0.4, -0.2) is 17.1 Å². The molecule has 0 aliphatic heterocycles.